The van der Waals surface area contributed by atoms with Crippen LogP contribution in [0.2, 0.25) is 0 Å². The highest BCUT2D eigenvalue weighted by Gasteiger charge is 2.23. The van der Waals surface area contributed by atoms with Crippen LogP contribution in [0.1, 0.15) is 19.4 Å². The topological polar surface area (TPSA) is 64.4 Å². The molecular weight excluding hydrogens is 337 g/mol. The number of nitrogens with zero attached hydrogens (tertiary/aromatic N) is 4. The standard InChI is InChI=1S/C18H18FN5O2/c1-3-25-16-8-7-13(9-20-16)10-23-15-6-4-5-14(19)17(15)21-18(23)24-12(2)11-26-22-24/h4-9,11,22H,3,10H2,1-2H3. The van der Waals surface area contributed by atoms with E-state index in [9.17, 15) is 4.39 Å². The van der Waals surface area contributed by atoms with Crippen molar-refractivity contribution in [3.63, 3.8) is 0 Å². The zero-order valence-corrected chi connectivity index (χ0v) is 14.4. The van der Waals surface area contributed by atoms with Gasteiger partial charge in [0, 0.05) is 12.3 Å². The van der Waals surface area contributed by atoms with Gasteiger partial charge in [-0.3, -0.25) is 0 Å². The molecule has 2 aromatic heterocycles. The van der Waals surface area contributed by atoms with Crippen LogP contribution in [0, 0.1) is 5.82 Å². The number of nitrogens with one attached hydrogen (secondary N) is 1. The Morgan fingerprint density at radius 1 is 1.27 bits per heavy atom. The molecule has 134 valence electrons. The first-order chi connectivity index (χ1) is 12.7. The van der Waals surface area contributed by atoms with Crippen molar-refractivity contribution in [2.45, 2.75) is 20.4 Å². The first-order valence-electron chi connectivity index (χ1n) is 8.28. The summed E-state index contributed by atoms with van der Waals surface area (Å²) in [6.45, 7) is 4.82. The number of rotatable bonds is 5. The third-order valence-electron chi connectivity index (χ3n) is 4.07. The van der Waals surface area contributed by atoms with Crippen LogP contribution >= 0.6 is 0 Å². The summed E-state index contributed by atoms with van der Waals surface area (Å²) in [4.78, 5) is 13.9. The Balaban J connectivity index is 1.77. The number of ether oxygens (including phenoxy) is 1. The van der Waals surface area contributed by atoms with Crippen LogP contribution in [0.15, 0.2) is 48.5 Å². The Bertz CT molecular complexity index is 968. The summed E-state index contributed by atoms with van der Waals surface area (Å²) < 4.78 is 21.5. The molecule has 0 amide bonds. The van der Waals surface area contributed by atoms with Crippen molar-refractivity contribution in [1.29, 1.82) is 0 Å². The zero-order chi connectivity index (χ0) is 18.1. The van der Waals surface area contributed by atoms with Crippen LogP contribution in [-0.4, -0.2) is 21.1 Å². The minimum Gasteiger partial charge on any atom is -0.478 e. The summed E-state index contributed by atoms with van der Waals surface area (Å²) in [7, 11) is 0. The fourth-order valence-corrected chi connectivity index (χ4v) is 2.84. The number of imidazole rings is 1. The maximum Gasteiger partial charge on any atom is 0.228 e. The summed E-state index contributed by atoms with van der Waals surface area (Å²) in [5, 5.41) is 1.67. The van der Waals surface area contributed by atoms with Gasteiger partial charge in [-0.15, -0.1) is 0 Å². The van der Waals surface area contributed by atoms with Crippen LogP contribution in [0.25, 0.3) is 11.0 Å². The molecule has 0 unspecified atom stereocenters. The van der Waals surface area contributed by atoms with E-state index in [2.05, 4.69) is 15.6 Å². The molecule has 0 radical (unpaired) electrons. The van der Waals surface area contributed by atoms with E-state index in [1.54, 1.807) is 23.5 Å². The Morgan fingerprint density at radius 2 is 2.15 bits per heavy atom. The highest BCUT2D eigenvalue weighted by Crippen LogP contribution is 2.28. The quantitative estimate of drug-likeness (QED) is 0.759. The van der Waals surface area contributed by atoms with Crippen molar-refractivity contribution < 1.29 is 14.0 Å². The second-order valence-electron chi connectivity index (χ2n) is 5.85. The number of hydrazine groups is 1. The molecular formula is C18H18FN5O2. The van der Waals surface area contributed by atoms with Crippen LogP contribution in [-0.2, 0) is 11.4 Å². The first-order valence-corrected chi connectivity index (χ1v) is 8.28. The van der Waals surface area contributed by atoms with Crippen LogP contribution in [0.4, 0.5) is 10.3 Å². The minimum absolute atomic E-state index is 0.308. The first kappa shape index (κ1) is 16.3. The third-order valence-corrected chi connectivity index (χ3v) is 4.07. The van der Waals surface area contributed by atoms with Gasteiger partial charge in [0.05, 0.1) is 24.4 Å². The zero-order valence-electron chi connectivity index (χ0n) is 14.4. The molecule has 0 spiro atoms. The smallest absolute Gasteiger partial charge is 0.228 e. The van der Waals surface area contributed by atoms with Crippen molar-refractivity contribution in [3.05, 3.63) is 59.9 Å². The van der Waals surface area contributed by atoms with Crippen molar-refractivity contribution in [2.24, 2.45) is 0 Å². The van der Waals surface area contributed by atoms with E-state index in [1.807, 2.05) is 36.6 Å². The predicted molar refractivity (Wildman–Crippen MR) is 94.7 cm³/mol. The van der Waals surface area contributed by atoms with Crippen molar-refractivity contribution in [3.8, 4) is 5.88 Å². The molecule has 1 aliphatic rings. The van der Waals surface area contributed by atoms with E-state index in [0.29, 0.717) is 36.0 Å². The fraction of sp³-hybridized carbons (Fsp3) is 0.222. The molecule has 3 aromatic rings. The summed E-state index contributed by atoms with van der Waals surface area (Å²) in [5.41, 5.74) is 5.51. The van der Waals surface area contributed by atoms with Gasteiger partial charge >= 0.3 is 0 Å². The van der Waals surface area contributed by atoms with E-state index in [4.69, 9.17) is 9.57 Å². The maximum atomic E-state index is 14.3. The highest BCUT2D eigenvalue weighted by molar-refractivity contribution is 5.80. The molecule has 0 aliphatic carbocycles. The second kappa shape index (κ2) is 6.64. The van der Waals surface area contributed by atoms with E-state index in [0.717, 1.165) is 11.3 Å². The largest absolute Gasteiger partial charge is 0.478 e. The predicted octanol–water partition coefficient (Wildman–Crippen LogP) is 3.13. The molecule has 0 saturated heterocycles. The Morgan fingerprint density at radius 3 is 2.85 bits per heavy atom. The third kappa shape index (κ3) is 2.84. The number of pyridine rings is 1. The molecule has 1 aromatic carbocycles. The molecule has 1 aliphatic heterocycles. The van der Waals surface area contributed by atoms with Gasteiger partial charge in [0.25, 0.3) is 0 Å². The summed E-state index contributed by atoms with van der Waals surface area (Å²) in [6, 6.07) is 8.67. The van der Waals surface area contributed by atoms with Gasteiger partial charge in [0.15, 0.2) is 5.82 Å². The van der Waals surface area contributed by atoms with E-state index in [1.165, 1.54) is 6.07 Å². The number of fused-ring (bicyclic) bond motifs is 1. The molecule has 26 heavy (non-hydrogen) atoms. The van der Waals surface area contributed by atoms with Crippen molar-refractivity contribution >= 4 is 17.0 Å². The minimum atomic E-state index is -0.367. The lowest BCUT2D eigenvalue weighted by Gasteiger charge is -2.18. The number of allylic oxidation sites excluding steroid dienone is 1. The molecule has 7 nitrogen and oxygen atoms in total. The number of hydrogen-bond donors (Lipinski definition) is 1. The Hall–Kier alpha value is -3.13. The number of hydrogen-bond acceptors (Lipinski definition) is 6. The molecule has 1 N–H and O–H groups in total. The molecule has 0 bridgehead atoms. The number of aromatic nitrogens is 3. The van der Waals surface area contributed by atoms with Crippen LogP contribution in [0.5, 0.6) is 5.88 Å². The van der Waals surface area contributed by atoms with E-state index >= 15 is 0 Å². The summed E-state index contributed by atoms with van der Waals surface area (Å²) >= 11 is 0. The van der Waals surface area contributed by atoms with Gasteiger partial charge in [-0.2, -0.15) is 0 Å². The molecule has 0 saturated carbocycles. The molecule has 0 atom stereocenters. The summed E-state index contributed by atoms with van der Waals surface area (Å²) in [6.07, 6.45) is 3.31. The average molecular weight is 355 g/mol. The SMILES string of the molecule is CCOc1ccc(Cn2c(N3NOC=C3C)nc3c(F)cccc32)cn1. The Kier molecular flexibility index (Phi) is 4.18. The van der Waals surface area contributed by atoms with Gasteiger partial charge in [-0.25, -0.2) is 19.4 Å². The van der Waals surface area contributed by atoms with Gasteiger partial charge < -0.3 is 14.1 Å². The number of para-hydroxylation sites is 1. The van der Waals surface area contributed by atoms with Gasteiger partial charge in [0.2, 0.25) is 11.8 Å². The van der Waals surface area contributed by atoms with Crippen molar-refractivity contribution in [2.75, 3.05) is 11.6 Å². The Labute approximate surface area is 149 Å². The molecule has 3 heterocycles. The van der Waals surface area contributed by atoms with E-state index < -0.39 is 0 Å². The normalized spacial score (nSPS) is 13.8. The van der Waals surface area contributed by atoms with Crippen LogP contribution in [0.3, 0.4) is 0 Å². The number of benzene rings is 1. The number of anilines is 1. The second-order valence-corrected chi connectivity index (χ2v) is 5.85. The monoisotopic (exact) mass is 355 g/mol. The van der Waals surface area contributed by atoms with Gasteiger partial charge in [-0.1, -0.05) is 17.7 Å². The molecule has 8 heteroatoms. The maximum absolute atomic E-state index is 14.3. The van der Waals surface area contributed by atoms with Crippen LogP contribution < -0.4 is 15.3 Å². The lowest BCUT2D eigenvalue weighted by Crippen LogP contribution is -2.32. The number of halogens is 1. The summed E-state index contributed by atoms with van der Waals surface area (Å²) in [5.74, 6) is 0.741. The lowest BCUT2D eigenvalue weighted by molar-refractivity contribution is 0.157. The van der Waals surface area contributed by atoms with E-state index in [-0.39, 0.29) is 5.82 Å². The molecule has 0 fully saturated rings. The molecule has 4 rings (SSSR count). The fourth-order valence-electron chi connectivity index (χ4n) is 2.84. The highest BCUT2D eigenvalue weighted by atomic mass is 19.1. The van der Waals surface area contributed by atoms with Crippen molar-refractivity contribution in [1.82, 2.24) is 20.1 Å². The van der Waals surface area contributed by atoms with Gasteiger partial charge in [0.1, 0.15) is 11.8 Å². The average Bonchev–Trinajstić information content (AvgIpc) is 3.21. The lowest BCUT2D eigenvalue weighted by atomic mass is 10.2. The van der Waals surface area contributed by atoms with Gasteiger partial charge in [-0.05, 0) is 31.5 Å².